The van der Waals surface area contributed by atoms with Crippen LogP contribution in [-0.2, 0) is 14.4 Å². The molecule has 4 N–H and O–H groups in total. The van der Waals surface area contributed by atoms with Gasteiger partial charge in [-0.3, -0.25) is 24.6 Å². The number of fused-ring (bicyclic) bond motifs is 1. The van der Waals surface area contributed by atoms with Crippen molar-refractivity contribution in [1.82, 2.24) is 10.6 Å². The number of aliphatic carboxylic acids is 2. The molecule has 1 heterocycles. The van der Waals surface area contributed by atoms with Gasteiger partial charge in [0.15, 0.2) is 0 Å². The first-order chi connectivity index (χ1) is 15.0. The molecular weight excluding hydrogens is 402 g/mol. The molecule has 0 radical (unpaired) electrons. The summed E-state index contributed by atoms with van der Waals surface area (Å²) in [5, 5.41) is 25.3. The van der Waals surface area contributed by atoms with Crippen molar-refractivity contribution in [2.45, 2.75) is 63.1 Å². The Bertz CT molecular complexity index is 780. The predicted molar refractivity (Wildman–Crippen MR) is 114 cm³/mol. The smallest absolute Gasteiger partial charge is 0.323 e. The number of amides is 1. The molecule has 9 nitrogen and oxygen atoms in total. The zero-order valence-corrected chi connectivity index (χ0v) is 17.6. The van der Waals surface area contributed by atoms with E-state index in [0.717, 1.165) is 17.9 Å². The normalized spacial score (nSPS) is 20.1. The number of benzene rings is 1. The first kappa shape index (κ1) is 23.0. The summed E-state index contributed by atoms with van der Waals surface area (Å²) in [7, 11) is 0. The minimum atomic E-state index is -1.16. The number of unbranched alkanes of at least 4 members (excludes halogenated alkanes) is 1. The van der Waals surface area contributed by atoms with Crippen LogP contribution in [0, 0.1) is 0 Å². The van der Waals surface area contributed by atoms with E-state index in [1.165, 1.54) is 25.7 Å². The maximum absolute atomic E-state index is 13.0. The molecule has 170 valence electrons. The molecule has 3 rings (SSSR count). The van der Waals surface area contributed by atoms with Gasteiger partial charge in [-0.15, -0.1) is 0 Å². The number of carboxylic acid groups (broad SMARTS) is 2. The van der Waals surface area contributed by atoms with Crippen molar-refractivity contribution < 1.29 is 29.3 Å². The van der Waals surface area contributed by atoms with Crippen molar-refractivity contribution in [2.24, 2.45) is 0 Å². The highest BCUT2D eigenvalue weighted by Gasteiger charge is 2.35. The van der Waals surface area contributed by atoms with Crippen molar-refractivity contribution in [3.63, 3.8) is 0 Å². The third-order valence-corrected chi connectivity index (χ3v) is 5.83. The second-order valence-electron chi connectivity index (χ2n) is 8.14. The van der Waals surface area contributed by atoms with Crippen LogP contribution in [0.3, 0.4) is 0 Å². The fourth-order valence-corrected chi connectivity index (χ4v) is 4.20. The summed E-state index contributed by atoms with van der Waals surface area (Å²) >= 11 is 0. The Kier molecular flexibility index (Phi) is 8.25. The van der Waals surface area contributed by atoms with Gasteiger partial charge in [0.1, 0.15) is 31.0 Å². The van der Waals surface area contributed by atoms with Gasteiger partial charge in [-0.25, -0.2) is 0 Å². The molecule has 1 unspecified atom stereocenters. The molecule has 0 bridgehead atoms. The van der Waals surface area contributed by atoms with Gasteiger partial charge in [0.2, 0.25) is 5.91 Å². The molecule has 1 aromatic rings. The first-order valence-corrected chi connectivity index (χ1v) is 10.9. The summed E-state index contributed by atoms with van der Waals surface area (Å²) < 4.78 is 5.70. The Morgan fingerprint density at radius 2 is 1.90 bits per heavy atom. The van der Waals surface area contributed by atoms with Gasteiger partial charge in [-0.1, -0.05) is 31.4 Å². The second-order valence-corrected chi connectivity index (χ2v) is 8.14. The molecule has 1 aliphatic carbocycles. The molecule has 0 saturated heterocycles. The number of carboxylic acids is 2. The molecule has 1 amide bonds. The van der Waals surface area contributed by atoms with Gasteiger partial charge in [-0.05, 0) is 44.4 Å². The lowest BCUT2D eigenvalue weighted by atomic mass is 10.1. The average Bonchev–Trinajstić information content (AvgIpc) is 3.22. The van der Waals surface area contributed by atoms with Gasteiger partial charge in [0.25, 0.3) is 0 Å². The summed E-state index contributed by atoms with van der Waals surface area (Å²) in [5.41, 5.74) is 0.365. The fraction of sp³-hybridized carbons (Fsp3) is 0.591. The monoisotopic (exact) mass is 433 g/mol. The van der Waals surface area contributed by atoms with Crippen LogP contribution in [0.1, 0.15) is 44.9 Å². The number of para-hydroxylation sites is 2. The third-order valence-electron chi connectivity index (χ3n) is 5.83. The Morgan fingerprint density at radius 3 is 2.61 bits per heavy atom. The first-order valence-electron chi connectivity index (χ1n) is 10.9. The minimum absolute atomic E-state index is 0.0705. The minimum Gasteiger partial charge on any atom is -0.489 e. The number of carbonyl (C=O) groups excluding carboxylic acids is 1. The maximum Gasteiger partial charge on any atom is 0.323 e. The average molecular weight is 434 g/mol. The summed E-state index contributed by atoms with van der Waals surface area (Å²) in [6.07, 6.45) is 6.87. The highest BCUT2D eigenvalue weighted by atomic mass is 16.5. The molecule has 2 aliphatic rings. The lowest BCUT2D eigenvalue weighted by Crippen LogP contribution is -2.54. The van der Waals surface area contributed by atoms with Crippen molar-refractivity contribution in [2.75, 3.05) is 24.6 Å². The molecule has 9 heteroatoms. The van der Waals surface area contributed by atoms with E-state index in [2.05, 4.69) is 10.6 Å². The van der Waals surface area contributed by atoms with E-state index >= 15 is 0 Å². The number of carbonyl (C=O) groups is 3. The maximum atomic E-state index is 13.0. The van der Waals surface area contributed by atoms with Crippen LogP contribution in [-0.4, -0.2) is 65.9 Å². The molecule has 2 atom stereocenters. The Balaban J connectivity index is 1.58. The van der Waals surface area contributed by atoms with Gasteiger partial charge in [-0.2, -0.15) is 0 Å². The quantitative estimate of drug-likeness (QED) is 0.388. The molecule has 31 heavy (non-hydrogen) atoms. The molecule has 1 aliphatic heterocycles. The van der Waals surface area contributed by atoms with Crippen LogP contribution in [0.25, 0.3) is 0 Å². The molecule has 0 aromatic heterocycles. The molecule has 1 aromatic carbocycles. The van der Waals surface area contributed by atoms with Crippen molar-refractivity contribution in [3.05, 3.63) is 24.3 Å². The molecule has 1 saturated carbocycles. The van der Waals surface area contributed by atoms with E-state index < -0.39 is 36.5 Å². The third kappa shape index (κ3) is 6.41. The standard InChI is InChI=1S/C22H31N3O6/c26-20(27)13-25-18-10-3-4-11-19(18)31-14-17(21(25)28)24-16(22(29)30)9-5-6-12-23-15-7-1-2-8-15/h3-4,10-11,15-17,23-24H,1-2,5-9,12-14H2,(H,26,27)(H,29,30)/t16-,17?/m0/s1. The number of nitrogens with zero attached hydrogens (tertiary/aromatic N) is 1. The van der Waals surface area contributed by atoms with Crippen LogP contribution in [0.5, 0.6) is 5.75 Å². The highest BCUT2D eigenvalue weighted by molar-refractivity contribution is 6.02. The van der Waals surface area contributed by atoms with Gasteiger partial charge < -0.3 is 20.3 Å². The van der Waals surface area contributed by atoms with E-state index in [-0.39, 0.29) is 6.61 Å². The van der Waals surface area contributed by atoms with E-state index in [1.807, 2.05) is 0 Å². The number of ether oxygens (including phenoxy) is 1. The largest absolute Gasteiger partial charge is 0.489 e. The van der Waals surface area contributed by atoms with E-state index in [1.54, 1.807) is 24.3 Å². The summed E-state index contributed by atoms with van der Waals surface area (Å²) in [5.74, 6) is -2.32. The molecule has 0 spiro atoms. The number of nitrogens with one attached hydrogen (secondary N) is 2. The number of anilines is 1. The predicted octanol–water partition coefficient (Wildman–Crippen LogP) is 1.61. The summed E-state index contributed by atoms with van der Waals surface area (Å²) in [6.45, 7) is 0.255. The highest BCUT2D eigenvalue weighted by Crippen LogP contribution is 2.31. The number of rotatable bonds is 11. The summed E-state index contributed by atoms with van der Waals surface area (Å²) in [6, 6.07) is 5.40. The number of hydrogen-bond donors (Lipinski definition) is 4. The van der Waals surface area contributed by atoms with Gasteiger partial charge >= 0.3 is 11.9 Å². The lowest BCUT2D eigenvalue weighted by Gasteiger charge is -2.25. The fourth-order valence-electron chi connectivity index (χ4n) is 4.20. The van der Waals surface area contributed by atoms with E-state index in [0.29, 0.717) is 30.3 Å². The van der Waals surface area contributed by atoms with Crippen LogP contribution in [0.2, 0.25) is 0 Å². The molecular formula is C22H31N3O6. The van der Waals surface area contributed by atoms with E-state index in [9.17, 15) is 24.6 Å². The topological polar surface area (TPSA) is 128 Å². The van der Waals surface area contributed by atoms with Crippen molar-refractivity contribution in [1.29, 1.82) is 0 Å². The zero-order valence-electron chi connectivity index (χ0n) is 17.6. The van der Waals surface area contributed by atoms with Crippen molar-refractivity contribution >= 4 is 23.5 Å². The Morgan fingerprint density at radius 1 is 1.16 bits per heavy atom. The number of hydrogen-bond acceptors (Lipinski definition) is 6. The SMILES string of the molecule is O=C(O)CN1C(=O)C(N[C@@H](CCCCNC2CCCC2)C(=O)O)COc2ccccc21. The summed E-state index contributed by atoms with van der Waals surface area (Å²) in [4.78, 5) is 37.3. The molecule has 1 fully saturated rings. The zero-order chi connectivity index (χ0) is 22.2. The Hall–Kier alpha value is -2.65. The van der Waals surface area contributed by atoms with Crippen LogP contribution >= 0.6 is 0 Å². The Labute approximate surface area is 181 Å². The van der Waals surface area contributed by atoms with Crippen LogP contribution in [0.15, 0.2) is 24.3 Å². The van der Waals surface area contributed by atoms with E-state index in [4.69, 9.17) is 4.74 Å². The van der Waals surface area contributed by atoms with Gasteiger partial charge in [0.05, 0.1) is 5.69 Å². The van der Waals surface area contributed by atoms with Gasteiger partial charge in [0, 0.05) is 6.04 Å². The van der Waals surface area contributed by atoms with Crippen LogP contribution < -0.4 is 20.3 Å². The lowest BCUT2D eigenvalue weighted by molar-refractivity contribution is -0.141. The second kappa shape index (κ2) is 11.1. The van der Waals surface area contributed by atoms with Crippen molar-refractivity contribution in [3.8, 4) is 5.75 Å². The van der Waals surface area contributed by atoms with Crippen LogP contribution in [0.4, 0.5) is 5.69 Å².